The summed E-state index contributed by atoms with van der Waals surface area (Å²) >= 11 is 0. The molecule has 0 aromatic heterocycles. The zero-order valence-corrected chi connectivity index (χ0v) is 12.8. The lowest BCUT2D eigenvalue weighted by atomic mass is 9.78. The molecule has 3 nitrogen and oxygen atoms in total. The first-order valence-electron chi connectivity index (χ1n) is 7.58. The third kappa shape index (κ3) is 2.88. The van der Waals surface area contributed by atoms with Gasteiger partial charge in [0.05, 0.1) is 0 Å². The molecule has 3 heteroatoms. The molecule has 0 spiro atoms. The van der Waals surface area contributed by atoms with E-state index >= 15 is 0 Å². The van der Waals surface area contributed by atoms with Crippen LogP contribution < -0.4 is 0 Å². The van der Waals surface area contributed by atoms with Crippen LogP contribution in [0.25, 0.3) is 0 Å². The van der Waals surface area contributed by atoms with Gasteiger partial charge in [-0.1, -0.05) is 44.2 Å². The topological polar surface area (TPSA) is 29.5 Å². The van der Waals surface area contributed by atoms with Crippen LogP contribution in [-0.4, -0.2) is 31.0 Å². The van der Waals surface area contributed by atoms with Crippen molar-refractivity contribution >= 4 is 5.97 Å². The third-order valence-electron chi connectivity index (χ3n) is 4.42. The van der Waals surface area contributed by atoms with Crippen LogP contribution in [0.5, 0.6) is 0 Å². The lowest BCUT2D eigenvalue weighted by Gasteiger charge is -2.38. The van der Waals surface area contributed by atoms with Crippen molar-refractivity contribution in [2.45, 2.75) is 38.7 Å². The normalized spacial score (nSPS) is 22.4. The van der Waals surface area contributed by atoms with Crippen LogP contribution in [0.2, 0.25) is 0 Å². The van der Waals surface area contributed by atoms with E-state index in [2.05, 4.69) is 31.0 Å². The Morgan fingerprint density at radius 1 is 1.35 bits per heavy atom. The third-order valence-corrected chi connectivity index (χ3v) is 4.42. The number of benzene rings is 1. The van der Waals surface area contributed by atoms with Crippen molar-refractivity contribution in [3.63, 3.8) is 0 Å². The van der Waals surface area contributed by atoms with Crippen LogP contribution in [0, 0.1) is 5.92 Å². The van der Waals surface area contributed by atoms with E-state index in [9.17, 15) is 4.79 Å². The smallest absolute Gasteiger partial charge is 0.306 e. The second-order valence-corrected chi connectivity index (χ2v) is 5.68. The number of hydrogen-bond acceptors (Lipinski definition) is 3. The van der Waals surface area contributed by atoms with Gasteiger partial charge in [0.25, 0.3) is 0 Å². The van der Waals surface area contributed by atoms with Gasteiger partial charge in [-0.15, -0.1) is 0 Å². The molecular weight excluding hydrogens is 250 g/mol. The molecule has 1 aromatic carbocycles. The van der Waals surface area contributed by atoms with Crippen LogP contribution in [0.4, 0.5) is 0 Å². The van der Waals surface area contributed by atoms with E-state index in [-0.39, 0.29) is 5.97 Å². The molecule has 1 heterocycles. The highest BCUT2D eigenvalue weighted by Gasteiger charge is 2.44. The van der Waals surface area contributed by atoms with Gasteiger partial charge in [0.1, 0.15) is 5.60 Å². The van der Waals surface area contributed by atoms with E-state index < -0.39 is 5.60 Å². The molecule has 0 saturated carbocycles. The van der Waals surface area contributed by atoms with E-state index in [4.69, 9.17) is 4.74 Å². The van der Waals surface area contributed by atoms with Gasteiger partial charge >= 0.3 is 5.97 Å². The average Bonchev–Trinajstić information content (AvgIpc) is 2.92. The highest BCUT2D eigenvalue weighted by Crippen LogP contribution is 2.42. The van der Waals surface area contributed by atoms with E-state index in [1.807, 2.05) is 25.1 Å². The molecule has 0 unspecified atom stereocenters. The summed E-state index contributed by atoms with van der Waals surface area (Å²) in [6, 6.07) is 10.2. The van der Waals surface area contributed by atoms with E-state index in [0.717, 1.165) is 31.5 Å². The second kappa shape index (κ2) is 6.40. The molecule has 0 amide bonds. The highest BCUT2D eigenvalue weighted by atomic mass is 16.6. The zero-order valence-electron chi connectivity index (χ0n) is 12.8. The number of carbonyl (C=O) groups excluding carboxylic acids is 1. The summed E-state index contributed by atoms with van der Waals surface area (Å²) < 4.78 is 5.99. The van der Waals surface area contributed by atoms with E-state index in [0.29, 0.717) is 12.3 Å². The van der Waals surface area contributed by atoms with Crippen LogP contribution in [0.15, 0.2) is 30.3 Å². The Balaban J connectivity index is 2.37. The summed E-state index contributed by atoms with van der Waals surface area (Å²) in [4.78, 5) is 14.3. The molecule has 1 fully saturated rings. The lowest BCUT2D eigenvalue weighted by molar-refractivity contribution is -0.168. The average molecular weight is 275 g/mol. The summed E-state index contributed by atoms with van der Waals surface area (Å²) in [5.74, 6) is 0.264. The number of esters is 1. The van der Waals surface area contributed by atoms with Gasteiger partial charge in [-0.2, -0.15) is 0 Å². The predicted molar refractivity (Wildman–Crippen MR) is 80.4 cm³/mol. The number of carbonyl (C=O) groups is 1. The summed E-state index contributed by atoms with van der Waals surface area (Å²) in [6.07, 6.45) is 2.33. The minimum atomic E-state index is -0.473. The van der Waals surface area contributed by atoms with Gasteiger partial charge in [-0.25, -0.2) is 0 Å². The monoisotopic (exact) mass is 275 g/mol. The minimum Gasteiger partial charge on any atom is -0.454 e. The Morgan fingerprint density at radius 2 is 2.05 bits per heavy atom. The van der Waals surface area contributed by atoms with Gasteiger partial charge in [-0.05, 0) is 32.0 Å². The van der Waals surface area contributed by atoms with Crippen molar-refractivity contribution in [3.05, 3.63) is 35.9 Å². The fourth-order valence-electron chi connectivity index (χ4n) is 3.25. The summed E-state index contributed by atoms with van der Waals surface area (Å²) in [5.41, 5.74) is 0.656. The number of hydrogen-bond donors (Lipinski definition) is 0. The van der Waals surface area contributed by atoms with Crippen molar-refractivity contribution in [1.29, 1.82) is 0 Å². The Hall–Kier alpha value is -1.35. The van der Waals surface area contributed by atoms with Gasteiger partial charge in [0, 0.05) is 18.9 Å². The first kappa shape index (κ1) is 15.0. The largest absolute Gasteiger partial charge is 0.454 e. The fourth-order valence-corrected chi connectivity index (χ4v) is 3.25. The molecule has 1 aromatic rings. The maximum absolute atomic E-state index is 12.0. The molecule has 0 N–H and O–H groups in total. The molecular formula is C17H25NO2. The van der Waals surface area contributed by atoms with Crippen molar-refractivity contribution in [3.8, 4) is 0 Å². The summed E-state index contributed by atoms with van der Waals surface area (Å²) in [7, 11) is 2.13. The predicted octanol–water partition coefficient (Wildman–Crippen LogP) is 3.20. The Labute approximate surface area is 121 Å². The van der Waals surface area contributed by atoms with Crippen molar-refractivity contribution < 1.29 is 9.53 Å². The van der Waals surface area contributed by atoms with Gasteiger partial charge < -0.3 is 9.64 Å². The quantitative estimate of drug-likeness (QED) is 0.773. The van der Waals surface area contributed by atoms with Gasteiger partial charge in [0.2, 0.25) is 0 Å². The zero-order chi connectivity index (χ0) is 14.6. The molecule has 2 rings (SSSR count). The van der Waals surface area contributed by atoms with Crippen molar-refractivity contribution in [2.24, 2.45) is 5.92 Å². The maximum atomic E-state index is 12.0. The highest BCUT2D eigenvalue weighted by molar-refractivity contribution is 5.69. The van der Waals surface area contributed by atoms with Crippen LogP contribution >= 0.6 is 0 Å². The second-order valence-electron chi connectivity index (χ2n) is 5.68. The van der Waals surface area contributed by atoms with Crippen molar-refractivity contribution in [1.82, 2.24) is 4.90 Å². The summed E-state index contributed by atoms with van der Waals surface area (Å²) in [5, 5.41) is 0. The first-order chi connectivity index (χ1) is 9.62. The number of ether oxygens (including phenoxy) is 1. The molecule has 1 aliphatic heterocycles. The molecule has 1 aliphatic rings. The molecule has 0 radical (unpaired) electrons. The van der Waals surface area contributed by atoms with Gasteiger partial charge in [0.15, 0.2) is 0 Å². The standard InChI is InChI=1S/C17H25NO2/c1-4-16(19)20-17(5-2,14-9-7-6-8-10-14)15-11-12-18(3)13-15/h6-10,15H,4-5,11-13H2,1-3H3/t15-,17-/m0/s1. The first-order valence-corrected chi connectivity index (χ1v) is 7.58. The van der Waals surface area contributed by atoms with E-state index in [1.165, 1.54) is 0 Å². The summed E-state index contributed by atoms with van der Waals surface area (Å²) in [6.45, 7) is 6.03. The number of rotatable bonds is 5. The Morgan fingerprint density at radius 3 is 2.55 bits per heavy atom. The molecule has 110 valence electrons. The van der Waals surface area contributed by atoms with Gasteiger partial charge in [-0.3, -0.25) is 4.79 Å². The number of nitrogens with zero attached hydrogens (tertiary/aromatic N) is 1. The fraction of sp³-hybridized carbons (Fsp3) is 0.588. The SMILES string of the molecule is CCC(=O)O[C@@](CC)(c1ccccc1)[C@H]1CCN(C)C1. The molecule has 2 atom stereocenters. The minimum absolute atomic E-state index is 0.106. The van der Waals surface area contributed by atoms with Crippen LogP contribution in [-0.2, 0) is 15.1 Å². The number of likely N-dealkylation sites (tertiary alicyclic amines) is 1. The molecule has 1 saturated heterocycles. The lowest BCUT2D eigenvalue weighted by Crippen LogP contribution is -2.40. The van der Waals surface area contributed by atoms with Crippen LogP contribution in [0.1, 0.15) is 38.7 Å². The molecule has 0 bridgehead atoms. The van der Waals surface area contributed by atoms with Crippen molar-refractivity contribution in [2.75, 3.05) is 20.1 Å². The van der Waals surface area contributed by atoms with Crippen LogP contribution in [0.3, 0.4) is 0 Å². The van der Waals surface area contributed by atoms with E-state index in [1.54, 1.807) is 0 Å². The Kier molecular flexibility index (Phi) is 4.81. The molecule has 0 aliphatic carbocycles. The molecule has 20 heavy (non-hydrogen) atoms. The Bertz CT molecular complexity index is 446. The maximum Gasteiger partial charge on any atom is 0.306 e.